The number of nitrogens with two attached hydrogens (primary N) is 1. The number of hydrogen-bond acceptors (Lipinski definition) is 5. The molecule has 4 N–H and O–H groups in total. The molecule has 0 spiro atoms. The number of aryl methyl sites for hydroxylation is 2. The largest absolute Gasteiger partial charge is 0.444 e. The zero-order valence-electron chi connectivity index (χ0n) is 27.3. The number of nitrogens with one attached hydrogen (secondary N) is 2. The average molecular weight is 605 g/mol. The fourth-order valence-corrected chi connectivity index (χ4v) is 4.97. The first-order valence-corrected chi connectivity index (χ1v) is 15.1. The third kappa shape index (κ3) is 10.4. The van der Waals surface area contributed by atoms with Crippen LogP contribution in [-0.2, 0) is 19.1 Å². The van der Waals surface area contributed by atoms with Crippen LogP contribution >= 0.6 is 0 Å². The number of rotatable bonds is 13. The number of anilines is 1. The third-order valence-electron chi connectivity index (χ3n) is 7.23. The second kappa shape index (κ2) is 15.9. The van der Waals surface area contributed by atoms with E-state index in [1.807, 2.05) is 39.0 Å². The molecule has 0 aliphatic rings. The maximum Gasteiger partial charge on any atom is 0.408 e. The smallest absolute Gasteiger partial charge is 0.408 e. The standard InChI is InChI=1S/C35H48N4O5/c1-10-26-16-11-12-17-27(26)31(32(41)38-30-23(4)14-13-15-24(30)5)39(25(6)19-18-22(2)3)33(42)28(20-21-29(36)40)37-34(43)44-35(7,8)9/h1,11-17,22,25,28,31H,18-21H2,2-9H3,(H2,36,40)(H,37,43)(H,38,41). The molecule has 0 aliphatic carbocycles. The highest BCUT2D eigenvalue weighted by atomic mass is 16.6. The fourth-order valence-electron chi connectivity index (χ4n) is 4.97. The van der Waals surface area contributed by atoms with E-state index in [1.165, 1.54) is 4.90 Å². The molecule has 0 saturated carbocycles. The van der Waals surface area contributed by atoms with E-state index in [4.69, 9.17) is 16.9 Å². The zero-order chi connectivity index (χ0) is 33.2. The molecular weight excluding hydrogens is 556 g/mol. The first-order chi connectivity index (χ1) is 20.5. The van der Waals surface area contributed by atoms with Crippen LogP contribution in [0.5, 0.6) is 0 Å². The Balaban J connectivity index is 2.75. The highest BCUT2D eigenvalue weighted by Crippen LogP contribution is 2.32. The molecule has 238 valence electrons. The lowest BCUT2D eigenvalue weighted by Gasteiger charge is -2.39. The van der Waals surface area contributed by atoms with Crippen molar-refractivity contribution in [3.8, 4) is 12.3 Å². The van der Waals surface area contributed by atoms with Crippen molar-refractivity contribution in [3.63, 3.8) is 0 Å². The molecule has 3 atom stereocenters. The van der Waals surface area contributed by atoms with Gasteiger partial charge in [0.15, 0.2) is 0 Å². The van der Waals surface area contributed by atoms with Crippen LogP contribution in [0.2, 0.25) is 0 Å². The Morgan fingerprint density at radius 2 is 1.57 bits per heavy atom. The molecule has 2 rings (SSSR count). The van der Waals surface area contributed by atoms with E-state index in [2.05, 4.69) is 30.4 Å². The molecule has 2 aromatic carbocycles. The predicted octanol–water partition coefficient (Wildman–Crippen LogP) is 5.78. The van der Waals surface area contributed by atoms with Gasteiger partial charge < -0.3 is 26.0 Å². The number of ether oxygens (including phenoxy) is 1. The molecule has 9 nitrogen and oxygen atoms in total. The van der Waals surface area contributed by atoms with E-state index in [0.29, 0.717) is 29.2 Å². The molecule has 0 aromatic heterocycles. The molecule has 44 heavy (non-hydrogen) atoms. The van der Waals surface area contributed by atoms with Crippen LogP contribution < -0.4 is 16.4 Å². The van der Waals surface area contributed by atoms with Crippen LogP contribution in [0.3, 0.4) is 0 Å². The number of hydrogen-bond donors (Lipinski definition) is 3. The molecule has 0 radical (unpaired) electrons. The summed E-state index contributed by atoms with van der Waals surface area (Å²) in [5, 5.41) is 5.70. The highest BCUT2D eigenvalue weighted by molar-refractivity contribution is 6.00. The van der Waals surface area contributed by atoms with E-state index < -0.39 is 47.5 Å². The van der Waals surface area contributed by atoms with Crippen molar-refractivity contribution in [2.45, 2.75) is 105 Å². The van der Waals surface area contributed by atoms with Gasteiger partial charge >= 0.3 is 6.09 Å². The van der Waals surface area contributed by atoms with Crippen molar-refractivity contribution >= 4 is 29.5 Å². The van der Waals surface area contributed by atoms with Crippen LogP contribution in [0.15, 0.2) is 42.5 Å². The summed E-state index contributed by atoms with van der Waals surface area (Å²) in [6, 6.07) is 9.87. The molecule has 0 aliphatic heterocycles. The summed E-state index contributed by atoms with van der Waals surface area (Å²) in [5.74, 6) is 1.35. The van der Waals surface area contributed by atoms with Gasteiger partial charge in [-0.05, 0) is 89.5 Å². The molecule has 0 bridgehead atoms. The van der Waals surface area contributed by atoms with E-state index in [-0.39, 0.29) is 12.8 Å². The van der Waals surface area contributed by atoms with Crippen molar-refractivity contribution in [1.29, 1.82) is 0 Å². The number of nitrogens with zero attached hydrogens (tertiary/aromatic N) is 1. The van der Waals surface area contributed by atoms with Gasteiger partial charge in [0.25, 0.3) is 5.91 Å². The average Bonchev–Trinajstić information content (AvgIpc) is 2.93. The number of primary amides is 1. The van der Waals surface area contributed by atoms with Crippen LogP contribution in [0.4, 0.5) is 10.5 Å². The van der Waals surface area contributed by atoms with Gasteiger partial charge in [0.1, 0.15) is 17.7 Å². The minimum atomic E-state index is -1.20. The quantitative estimate of drug-likeness (QED) is 0.250. The van der Waals surface area contributed by atoms with Crippen molar-refractivity contribution in [1.82, 2.24) is 10.2 Å². The van der Waals surface area contributed by atoms with Gasteiger partial charge in [0, 0.05) is 23.7 Å². The van der Waals surface area contributed by atoms with Crippen LogP contribution in [0.1, 0.15) is 95.5 Å². The second-order valence-corrected chi connectivity index (χ2v) is 12.7. The van der Waals surface area contributed by atoms with Gasteiger partial charge in [-0.3, -0.25) is 14.4 Å². The zero-order valence-corrected chi connectivity index (χ0v) is 27.3. The summed E-state index contributed by atoms with van der Waals surface area (Å²) < 4.78 is 5.44. The predicted molar refractivity (Wildman–Crippen MR) is 174 cm³/mol. The van der Waals surface area contributed by atoms with Crippen molar-refractivity contribution < 1.29 is 23.9 Å². The maximum atomic E-state index is 14.6. The van der Waals surface area contributed by atoms with Crippen LogP contribution in [0, 0.1) is 32.1 Å². The number of terminal acetylenes is 1. The number of carbonyl (C=O) groups is 4. The summed E-state index contributed by atoms with van der Waals surface area (Å²) in [4.78, 5) is 55.2. The number of benzene rings is 2. The third-order valence-corrected chi connectivity index (χ3v) is 7.23. The highest BCUT2D eigenvalue weighted by Gasteiger charge is 2.40. The molecule has 2 aromatic rings. The molecule has 3 unspecified atom stereocenters. The Hall–Kier alpha value is -4.32. The van der Waals surface area contributed by atoms with Crippen LogP contribution in [0.25, 0.3) is 0 Å². The summed E-state index contributed by atoms with van der Waals surface area (Å²) in [6.07, 6.45) is 6.17. The lowest BCUT2D eigenvalue weighted by Crippen LogP contribution is -2.55. The van der Waals surface area contributed by atoms with Crippen molar-refractivity contribution in [2.24, 2.45) is 11.7 Å². The lowest BCUT2D eigenvalue weighted by molar-refractivity contribution is -0.143. The van der Waals surface area contributed by atoms with Gasteiger partial charge in [-0.1, -0.05) is 56.2 Å². The molecule has 0 saturated heterocycles. The van der Waals surface area contributed by atoms with Crippen molar-refractivity contribution in [2.75, 3.05) is 5.32 Å². The van der Waals surface area contributed by atoms with E-state index >= 15 is 0 Å². The SMILES string of the molecule is C#Cc1ccccc1C(C(=O)Nc1c(C)cccc1C)N(C(=O)C(CCC(N)=O)NC(=O)OC(C)(C)C)C(C)CCC(C)C. The maximum absolute atomic E-state index is 14.6. The van der Waals surface area contributed by atoms with E-state index in [1.54, 1.807) is 45.0 Å². The van der Waals surface area contributed by atoms with Crippen LogP contribution in [-0.4, -0.2) is 46.4 Å². The molecule has 4 amide bonds. The summed E-state index contributed by atoms with van der Waals surface area (Å²) in [7, 11) is 0. The Kier molecular flexibility index (Phi) is 13.0. The van der Waals surface area contributed by atoms with Gasteiger partial charge in [0.05, 0.1) is 0 Å². The number of para-hydroxylation sites is 1. The molecule has 0 fully saturated rings. The molecular formula is C35H48N4O5. The Morgan fingerprint density at radius 1 is 0.955 bits per heavy atom. The van der Waals surface area contributed by atoms with Gasteiger partial charge in [0.2, 0.25) is 11.8 Å². The van der Waals surface area contributed by atoms with E-state index in [9.17, 15) is 19.2 Å². The normalized spacial score (nSPS) is 13.3. The number of alkyl carbamates (subject to hydrolysis) is 1. The second-order valence-electron chi connectivity index (χ2n) is 12.7. The van der Waals surface area contributed by atoms with E-state index in [0.717, 1.165) is 17.5 Å². The minimum absolute atomic E-state index is 0.0805. The fraction of sp³-hybridized carbons (Fsp3) is 0.486. The Labute approximate surface area is 262 Å². The molecule has 0 heterocycles. The number of carbonyl (C=O) groups excluding carboxylic acids is 4. The number of amides is 4. The first-order valence-electron chi connectivity index (χ1n) is 15.1. The van der Waals surface area contributed by atoms with Gasteiger partial charge in [-0.25, -0.2) is 4.79 Å². The summed E-state index contributed by atoms with van der Waals surface area (Å²) in [5.41, 5.74) is 7.90. The summed E-state index contributed by atoms with van der Waals surface area (Å²) in [6.45, 7) is 14.9. The molecule has 9 heteroatoms. The monoisotopic (exact) mass is 604 g/mol. The first kappa shape index (κ1) is 35.9. The Morgan fingerprint density at radius 3 is 2.11 bits per heavy atom. The topological polar surface area (TPSA) is 131 Å². The summed E-state index contributed by atoms with van der Waals surface area (Å²) >= 11 is 0. The van der Waals surface area contributed by atoms with Gasteiger partial charge in [-0.15, -0.1) is 6.42 Å². The lowest BCUT2D eigenvalue weighted by atomic mass is 9.93. The minimum Gasteiger partial charge on any atom is -0.444 e. The van der Waals surface area contributed by atoms with Gasteiger partial charge in [-0.2, -0.15) is 0 Å². The van der Waals surface area contributed by atoms with Crippen molar-refractivity contribution in [3.05, 3.63) is 64.7 Å². The Bertz CT molecular complexity index is 1350.